The minimum Gasteiger partial charge on any atom is -0.497 e. The highest BCUT2D eigenvalue weighted by Crippen LogP contribution is 2.33. The van der Waals surface area contributed by atoms with Gasteiger partial charge in [-0.15, -0.1) is 0 Å². The summed E-state index contributed by atoms with van der Waals surface area (Å²) in [4.78, 5) is 11.1. The van der Waals surface area contributed by atoms with Crippen LogP contribution >= 0.6 is 15.9 Å². The van der Waals surface area contributed by atoms with Gasteiger partial charge in [0.1, 0.15) is 5.75 Å². The van der Waals surface area contributed by atoms with E-state index in [-0.39, 0.29) is 0 Å². The van der Waals surface area contributed by atoms with Crippen LogP contribution in [0, 0.1) is 0 Å². The Hall–Kier alpha value is -1.03. The first-order chi connectivity index (χ1) is 6.89. The number of hydrogen-bond donors (Lipinski definition) is 1. The second kappa shape index (κ2) is 4.23. The zero-order valence-electron chi connectivity index (χ0n) is 8.87. The summed E-state index contributed by atoms with van der Waals surface area (Å²) in [6.07, 6.45) is 0. The van der Waals surface area contributed by atoms with Crippen molar-refractivity contribution in [2.24, 2.45) is 0 Å². The Kier molecular flexibility index (Phi) is 3.39. The molecule has 1 aromatic carbocycles. The smallest absolute Gasteiger partial charge is 0.313 e. The highest BCUT2D eigenvalue weighted by atomic mass is 79.9. The number of hydrogen-bond acceptors (Lipinski definition) is 2. The van der Waals surface area contributed by atoms with Crippen LogP contribution in [0.4, 0.5) is 0 Å². The number of carboxylic acid groups (broad SMARTS) is 1. The molecule has 0 bridgehead atoms. The molecule has 0 atom stereocenters. The summed E-state index contributed by atoms with van der Waals surface area (Å²) in [5.41, 5.74) is -0.234. The van der Waals surface area contributed by atoms with Gasteiger partial charge in [0.2, 0.25) is 0 Å². The molecule has 0 aliphatic rings. The third kappa shape index (κ3) is 2.31. The third-order valence-corrected chi connectivity index (χ3v) is 3.07. The molecule has 15 heavy (non-hydrogen) atoms. The van der Waals surface area contributed by atoms with E-state index in [1.54, 1.807) is 39.2 Å². The van der Waals surface area contributed by atoms with Gasteiger partial charge in [0, 0.05) is 4.47 Å². The van der Waals surface area contributed by atoms with Crippen LogP contribution in [0.15, 0.2) is 22.7 Å². The van der Waals surface area contributed by atoms with Gasteiger partial charge in [0.05, 0.1) is 12.5 Å². The molecule has 0 amide bonds. The van der Waals surface area contributed by atoms with Crippen molar-refractivity contribution in [3.05, 3.63) is 28.2 Å². The molecule has 0 saturated heterocycles. The lowest BCUT2D eigenvalue weighted by Gasteiger charge is -2.21. The topological polar surface area (TPSA) is 46.5 Å². The van der Waals surface area contributed by atoms with Crippen LogP contribution in [-0.2, 0) is 10.2 Å². The predicted molar refractivity (Wildman–Crippen MR) is 61.4 cm³/mol. The Morgan fingerprint density at radius 2 is 2.07 bits per heavy atom. The van der Waals surface area contributed by atoms with Gasteiger partial charge < -0.3 is 9.84 Å². The summed E-state index contributed by atoms with van der Waals surface area (Å²) >= 11 is 3.34. The highest BCUT2D eigenvalue weighted by Gasteiger charge is 2.31. The predicted octanol–water partition coefficient (Wildman–Crippen LogP) is 2.82. The van der Waals surface area contributed by atoms with E-state index in [1.807, 2.05) is 0 Å². The van der Waals surface area contributed by atoms with Gasteiger partial charge in [-0.3, -0.25) is 4.79 Å². The monoisotopic (exact) mass is 272 g/mol. The van der Waals surface area contributed by atoms with Gasteiger partial charge in [0.25, 0.3) is 0 Å². The number of rotatable bonds is 3. The molecular weight excluding hydrogens is 260 g/mol. The summed E-state index contributed by atoms with van der Waals surface area (Å²) in [7, 11) is 1.56. The molecule has 0 aromatic heterocycles. The van der Waals surface area contributed by atoms with Crippen molar-refractivity contribution in [1.82, 2.24) is 0 Å². The quantitative estimate of drug-likeness (QED) is 0.921. The molecule has 1 rings (SSSR count). The van der Waals surface area contributed by atoms with Crippen molar-refractivity contribution < 1.29 is 14.6 Å². The average molecular weight is 273 g/mol. The van der Waals surface area contributed by atoms with E-state index in [4.69, 9.17) is 9.84 Å². The largest absolute Gasteiger partial charge is 0.497 e. The van der Waals surface area contributed by atoms with Crippen LogP contribution in [0.25, 0.3) is 0 Å². The SMILES string of the molecule is COc1ccc(Br)c(C(C)(C)C(=O)O)c1. The van der Waals surface area contributed by atoms with Crippen LogP contribution < -0.4 is 4.74 Å². The third-order valence-electron chi connectivity index (χ3n) is 2.38. The maximum atomic E-state index is 11.1. The standard InChI is InChI=1S/C11H13BrO3/c1-11(2,10(13)14)8-6-7(15-3)4-5-9(8)12/h4-6H,1-3H3,(H,13,14). The fourth-order valence-corrected chi connectivity index (χ4v) is 1.97. The van der Waals surface area contributed by atoms with E-state index in [9.17, 15) is 4.79 Å². The molecule has 0 unspecified atom stereocenters. The molecule has 0 aliphatic carbocycles. The first kappa shape index (κ1) is 12.0. The van der Waals surface area contributed by atoms with Crippen LogP contribution in [-0.4, -0.2) is 18.2 Å². The molecule has 1 N–H and O–H groups in total. The molecule has 0 spiro atoms. The number of aliphatic carboxylic acids is 1. The zero-order chi connectivity index (χ0) is 11.6. The van der Waals surface area contributed by atoms with E-state index in [1.165, 1.54) is 0 Å². The Balaban J connectivity index is 3.29. The molecule has 0 saturated carbocycles. The van der Waals surface area contributed by atoms with Crippen molar-refractivity contribution in [1.29, 1.82) is 0 Å². The summed E-state index contributed by atoms with van der Waals surface area (Å²) in [6.45, 7) is 3.32. The molecule has 4 heteroatoms. The van der Waals surface area contributed by atoms with Crippen molar-refractivity contribution in [3.63, 3.8) is 0 Å². The highest BCUT2D eigenvalue weighted by molar-refractivity contribution is 9.10. The Morgan fingerprint density at radius 3 is 2.53 bits per heavy atom. The second-order valence-corrected chi connectivity index (χ2v) is 4.63. The lowest BCUT2D eigenvalue weighted by Crippen LogP contribution is -2.28. The molecular formula is C11H13BrO3. The van der Waals surface area contributed by atoms with Gasteiger partial charge in [-0.2, -0.15) is 0 Å². The minimum absolute atomic E-state index is 0.655. The molecule has 0 fully saturated rings. The van der Waals surface area contributed by atoms with Crippen LogP contribution in [0.2, 0.25) is 0 Å². The number of benzene rings is 1. The molecule has 82 valence electrons. The number of carboxylic acids is 1. The van der Waals surface area contributed by atoms with E-state index in [0.717, 1.165) is 4.47 Å². The first-order valence-corrected chi connectivity index (χ1v) is 5.26. The first-order valence-electron chi connectivity index (χ1n) is 4.47. The molecule has 0 heterocycles. The number of methoxy groups -OCH3 is 1. The van der Waals surface area contributed by atoms with E-state index in [2.05, 4.69) is 15.9 Å². The van der Waals surface area contributed by atoms with Gasteiger partial charge in [0.15, 0.2) is 0 Å². The summed E-state index contributed by atoms with van der Waals surface area (Å²) < 4.78 is 5.84. The normalized spacial score (nSPS) is 11.2. The Labute approximate surface area is 97.2 Å². The van der Waals surface area contributed by atoms with Crippen molar-refractivity contribution in [2.45, 2.75) is 19.3 Å². The van der Waals surface area contributed by atoms with E-state index in [0.29, 0.717) is 11.3 Å². The number of carbonyl (C=O) groups is 1. The number of ether oxygens (including phenoxy) is 1. The van der Waals surface area contributed by atoms with E-state index >= 15 is 0 Å². The summed E-state index contributed by atoms with van der Waals surface area (Å²) in [5, 5.41) is 9.12. The van der Waals surface area contributed by atoms with Crippen LogP contribution in [0.1, 0.15) is 19.4 Å². The molecule has 0 radical (unpaired) electrons. The van der Waals surface area contributed by atoms with Crippen molar-refractivity contribution in [3.8, 4) is 5.75 Å². The Bertz CT molecular complexity index is 385. The van der Waals surface area contributed by atoms with Gasteiger partial charge in [-0.05, 0) is 37.6 Å². The lowest BCUT2D eigenvalue weighted by molar-refractivity contribution is -0.142. The van der Waals surface area contributed by atoms with Gasteiger partial charge in [-0.1, -0.05) is 15.9 Å². The molecule has 3 nitrogen and oxygen atoms in total. The molecule has 1 aromatic rings. The van der Waals surface area contributed by atoms with Crippen molar-refractivity contribution in [2.75, 3.05) is 7.11 Å². The fraction of sp³-hybridized carbons (Fsp3) is 0.364. The Morgan fingerprint density at radius 1 is 1.47 bits per heavy atom. The second-order valence-electron chi connectivity index (χ2n) is 3.78. The van der Waals surface area contributed by atoms with Crippen LogP contribution in [0.5, 0.6) is 5.75 Å². The van der Waals surface area contributed by atoms with E-state index < -0.39 is 11.4 Å². The zero-order valence-corrected chi connectivity index (χ0v) is 10.5. The lowest BCUT2D eigenvalue weighted by atomic mass is 9.85. The molecule has 0 aliphatic heterocycles. The maximum absolute atomic E-state index is 11.1. The minimum atomic E-state index is -0.937. The fourth-order valence-electron chi connectivity index (χ4n) is 1.23. The van der Waals surface area contributed by atoms with Crippen LogP contribution in [0.3, 0.4) is 0 Å². The van der Waals surface area contributed by atoms with Crippen molar-refractivity contribution >= 4 is 21.9 Å². The maximum Gasteiger partial charge on any atom is 0.313 e. The number of halogens is 1. The summed E-state index contributed by atoms with van der Waals surface area (Å²) in [6, 6.07) is 5.31. The van der Waals surface area contributed by atoms with Gasteiger partial charge in [-0.25, -0.2) is 0 Å². The average Bonchev–Trinajstić information content (AvgIpc) is 2.18. The summed E-state index contributed by atoms with van der Waals surface area (Å²) in [5.74, 6) is -0.209. The van der Waals surface area contributed by atoms with Gasteiger partial charge >= 0.3 is 5.97 Å².